The molecule has 2 saturated carbocycles. The molecule has 0 aliphatic heterocycles. The minimum atomic E-state index is -3.28. The van der Waals surface area contributed by atoms with Crippen LogP contribution in [-0.2, 0) is 14.8 Å². The molecule has 104 valence electrons. The van der Waals surface area contributed by atoms with Gasteiger partial charge < -0.3 is 5.11 Å². The van der Waals surface area contributed by atoms with Crippen molar-refractivity contribution in [2.75, 3.05) is 6.54 Å². The molecule has 0 heterocycles. The number of rotatable bonds is 5. The van der Waals surface area contributed by atoms with Gasteiger partial charge in [0.15, 0.2) is 0 Å². The smallest absolute Gasteiger partial charge is 0.310 e. The number of hydrogen-bond acceptors (Lipinski definition) is 3. The molecule has 0 unspecified atom stereocenters. The van der Waals surface area contributed by atoms with Crippen molar-refractivity contribution < 1.29 is 18.3 Å². The van der Waals surface area contributed by atoms with Crippen molar-refractivity contribution in [3.63, 3.8) is 0 Å². The summed E-state index contributed by atoms with van der Waals surface area (Å²) in [5.41, 5.74) is -0.890. The minimum absolute atomic E-state index is 0.0567. The fraction of sp³-hybridized carbons (Fsp3) is 0.917. The number of carbonyl (C=O) groups is 1. The van der Waals surface area contributed by atoms with E-state index in [9.17, 15) is 18.3 Å². The van der Waals surface area contributed by atoms with Crippen LogP contribution in [0.5, 0.6) is 0 Å². The van der Waals surface area contributed by atoms with Crippen LogP contribution in [0.15, 0.2) is 0 Å². The first-order valence-corrected chi connectivity index (χ1v) is 8.23. The molecule has 0 atom stereocenters. The van der Waals surface area contributed by atoms with Gasteiger partial charge in [-0.2, -0.15) is 0 Å². The Balaban J connectivity index is 2.03. The maximum atomic E-state index is 11.8. The monoisotopic (exact) mass is 275 g/mol. The summed E-state index contributed by atoms with van der Waals surface area (Å²) in [5, 5.41) is 9.15. The minimum Gasteiger partial charge on any atom is -0.481 e. The molecule has 0 radical (unpaired) electrons. The van der Waals surface area contributed by atoms with Crippen molar-refractivity contribution >= 4 is 16.0 Å². The number of nitrogens with one attached hydrogen (secondary N) is 1. The second-order valence-electron chi connectivity index (χ2n) is 5.57. The van der Waals surface area contributed by atoms with Crippen LogP contribution in [0.25, 0.3) is 0 Å². The van der Waals surface area contributed by atoms with E-state index in [-0.39, 0.29) is 11.8 Å². The van der Waals surface area contributed by atoms with Gasteiger partial charge in [-0.1, -0.05) is 25.7 Å². The van der Waals surface area contributed by atoms with Crippen LogP contribution >= 0.6 is 0 Å². The van der Waals surface area contributed by atoms with Gasteiger partial charge >= 0.3 is 5.97 Å². The third-order valence-corrected chi connectivity index (χ3v) is 5.99. The van der Waals surface area contributed by atoms with Crippen molar-refractivity contribution in [1.29, 1.82) is 0 Å². The quantitative estimate of drug-likeness (QED) is 0.745. The Hall–Kier alpha value is -0.620. The average molecular weight is 275 g/mol. The van der Waals surface area contributed by atoms with E-state index in [1.807, 2.05) is 0 Å². The van der Waals surface area contributed by atoms with Crippen LogP contribution in [0.3, 0.4) is 0 Å². The number of hydrogen-bond donors (Lipinski definition) is 2. The van der Waals surface area contributed by atoms with Gasteiger partial charge in [-0.15, -0.1) is 0 Å². The predicted octanol–water partition coefficient (Wildman–Crippen LogP) is 1.49. The molecule has 2 aliphatic rings. The predicted molar refractivity (Wildman–Crippen MR) is 67.7 cm³/mol. The van der Waals surface area contributed by atoms with Crippen molar-refractivity contribution in [3.05, 3.63) is 0 Å². The zero-order valence-electron chi connectivity index (χ0n) is 10.5. The summed E-state index contributed by atoms with van der Waals surface area (Å²) in [6.45, 7) is 0.0567. The first-order valence-electron chi connectivity index (χ1n) is 6.68. The van der Waals surface area contributed by atoms with E-state index in [4.69, 9.17) is 0 Å². The highest BCUT2D eigenvalue weighted by Gasteiger charge is 2.42. The molecule has 0 aromatic carbocycles. The summed E-state index contributed by atoms with van der Waals surface area (Å²) in [5.74, 6) is -0.858. The van der Waals surface area contributed by atoms with Crippen LogP contribution in [0.2, 0.25) is 0 Å². The lowest BCUT2D eigenvalue weighted by Crippen LogP contribution is -2.43. The topological polar surface area (TPSA) is 83.5 Å². The molecule has 6 heteroatoms. The molecule has 0 aromatic rings. The molecule has 0 saturated heterocycles. The van der Waals surface area contributed by atoms with E-state index >= 15 is 0 Å². The lowest BCUT2D eigenvalue weighted by molar-refractivity contribution is -0.149. The maximum absolute atomic E-state index is 11.8. The molecule has 2 aliphatic carbocycles. The Labute approximate surface area is 108 Å². The summed E-state index contributed by atoms with van der Waals surface area (Å²) < 4.78 is 26.1. The van der Waals surface area contributed by atoms with Crippen LogP contribution < -0.4 is 4.72 Å². The van der Waals surface area contributed by atoms with Crippen LogP contribution in [0.4, 0.5) is 0 Å². The van der Waals surface area contributed by atoms with E-state index in [2.05, 4.69) is 4.72 Å². The van der Waals surface area contributed by atoms with Gasteiger partial charge in [0.25, 0.3) is 0 Å². The maximum Gasteiger partial charge on any atom is 0.310 e. The normalized spacial score (nSPS) is 24.4. The highest BCUT2D eigenvalue weighted by atomic mass is 32.2. The lowest BCUT2D eigenvalue weighted by Gasteiger charge is -2.28. The van der Waals surface area contributed by atoms with Gasteiger partial charge in [0, 0.05) is 6.54 Å². The molecule has 2 N–H and O–H groups in total. The SMILES string of the molecule is O=C(O)C1(CNS(=O)(=O)C2CC2)CCCCCC1. The van der Waals surface area contributed by atoms with E-state index in [0.717, 1.165) is 25.7 Å². The first kappa shape index (κ1) is 13.8. The lowest BCUT2D eigenvalue weighted by atomic mass is 9.80. The average Bonchev–Trinajstić information content (AvgIpc) is 3.14. The van der Waals surface area contributed by atoms with E-state index in [1.165, 1.54) is 0 Å². The summed E-state index contributed by atoms with van der Waals surface area (Å²) in [4.78, 5) is 11.5. The largest absolute Gasteiger partial charge is 0.481 e. The molecule has 0 spiro atoms. The number of carboxylic acid groups (broad SMARTS) is 1. The third-order valence-electron chi connectivity index (χ3n) is 4.09. The van der Waals surface area contributed by atoms with Crippen LogP contribution in [0.1, 0.15) is 51.4 Å². The van der Waals surface area contributed by atoms with Gasteiger partial charge in [-0.05, 0) is 25.7 Å². The van der Waals surface area contributed by atoms with E-state index in [1.54, 1.807) is 0 Å². The zero-order valence-corrected chi connectivity index (χ0v) is 11.3. The van der Waals surface area contributed by atoms with Crippen molar-refractivity contribution in [2.45, 2.75) is 56.6 Å². The fourth-order valence-electron chi connectivity index (χ4n) is 2.61. The molecular weight excluding hydrogens is 254 g/mol. The third kappa shape index (κ3) is 3.03. The molecule has 0 aromatic heterocycles. The van der Waals surface area contributed by atoms with Crippen LogP contribution in [-0.4, -0.2) is 31.3 Å². The fourth-order valence-corrected chi connectivity index (χ4v) is 4.08. The number of carboxylic acids is 1. The summed E-state index contributed by atoms with van der Waals surface area (Å²) in [6, 6.07) is 0. The van der Waals surface area contributed by atoms with E-state index < -0.39 is 21.4 Å². The van der Waals surface area contributed by atoms with Gasteiger partial charge in [0.1, 0.15) is 0 Å². The number of aliphatic carboxylic acids is 1. The van der Waals surface area contributed by atoms with Gasteiger partial charge in [-0.3, -0.25) is 4.79 Å². The Morgan fingerprint density at radius 1 is 1.17 bits per heavy atom. The molecule has 2 fully saturated rings. The Morgan fingerprint density at radius 3 is 2.17 bits per heavy atom. The zero-order chi connectivity index (χ0) is 13.2. The summed E-state index contributed by atoms with van der Waals surface area (Å²) >= 11 is 0. The van der Waals surface area contributed by atoms with Crippen LogP contribution in [0, 0.1) is 5.41 Å². The Bertz CT molecular complexity index is 406. The Morgan fingerprint density at radius 2 is 1.72 bits per heavy atom. The van der Waals surface area contributed by atoms with Crippen molar-refractivity contribution in [2.24, 2.45) is 5.41 Å². The van der Waals surface area contributed by atoms with Gasteiger partial charge in [0.05, 0.1) is 10.7 Å². The van der Waals surface area contributed by atoms with Gasteiger partial charge in [0.2, 0.25) is 10.0 Å². The summed E-state index contributed by atoms with van der Waals surface area (Å²) in [6.07, 6.45) is 6.40. The standard InChI is InChI=1S/C12H21NO4S/c14-11(15)12(7-3-1-2-4-8-12)9-13-18(16,17)10-5-6-10/h10,13H,1-9H2,(H,14,15). The van der Waals surface area contributed by atoms with Crippen molar-refractivity contribution in [3.8, 4) is 0 Å². The second-order valence-corrected chi connectivity index (χ2v) is 7.61. The highest BCUT2D eigenvalue weighted by molar-refractivity contribution is 7.90. The summed E-state index contributed by atoms with van der Waals surface area (Å²) in [7, 11) is -3.28. The molecule has 0 amide bonds. The second kappa shape index (κ2) is 5.17. The highest BCUT2D eigenvalue weighted by Crippen LogP contribution is 2.36. The molecular formula is C12H21NO4S. The van der Waals surface area contributed by atoms with Gasteiger partial charge in [-0.25, -0.2) is 13.1 Å². The van der Waals surface area contributed by atoms with Crippen molar-refractivity contribution in [1.82, 2.24) is 4.72 Å². The first-order chi connectivity index (χ1) is 8.46. The molecule has 0 bridgehead atoms. The number of sulfonamides is 1. The van der Waals surface area contributed by atoms with E-state index in [0.29, 0.717) is 25.7 Å². The Kier molecular flexibility index (Phi) is 3.96. The molecule has 18 heavy (non-hydrogen) atoms. The molecule has 2 rings (SSSR count). The molecule has 5 nitrogen and oxygen atoms in total.